The predicted octanol–water partition coefficient (Wildman–Crippen LogP) is 5.66. The lowest BCUT2D eigenvalue weighted by Gasteiger charge is -2.50. The molecule has 2 fully saturated rings. The summed E-state index contributed by atoms with van der Waals surface area (Å²) < 4.78 is 41.5. The normalized spacial score (nSPS) is 28.4. The molecule has 3 N–H and O–H groups in total. The molecule has 0 heterocycles. The zero-order chi connectivity index (χ0) is 32.2. The molecule has 3 aliphatic rings. The second-order valence-corrected chi connectivity index (χ2v) is 20.9. The van der Waals surface area contributed by atoms with Gasteiger partial charge in [0, 0.05) is 5.41 Å². The molecule has 0 saturated heterocycles. The van der Waals surface area contributed by atoms with Crippen LogP contribution in [-0.2, 0) is 35.1 Å². The number of carbonyl (C=O) groups excluding carboxylic acids is 2. The maximum absolute atomic E-state index is 13.3. The van der Waals surface area contributed by atoms with Gasteiger partial charge < -0.3 is 19.0 Å². The Bertz CT molecular complexity index is 1530. The van der Waals surface area contributed by atoms with E-state index < -0.39 is 43.0 Å². The number of hydrogen-bond donors (Lipinski definition) is 2. The van der Waals surface area contributed by atoms with Gasteiger partial charge in [-0.1, -0.05) is 33.8 Å². The molecule has 0 aromatic heterocycles. The van der Waals surface area contributed by atoms with E-state index in [2.05, 4.69) is 46.9 Å². The Hall–Kier alpha value is -2.73. The number of primary sulfonamides is 1. The minimum Gasteiger partial charge on any atom is -0.508 e. The summed E-state index contributed by atoms with van der Waals surface area (Å²) in [6, 6.07) is 10.8. The second kappa shape index (κ2) is 11.6. The van der Waals surface area contributed by atoms with Crippen LogP contribution in [0.3, 0.4) is 0 Å². The molecule has 3 aliphatic carbocycles. The molecule has 2 aromatic rings. The summed E-state index contributed by atoms with van der Waals surface area (Å²) in [7, 11) is -6.12. The monoisotopic (exact) mass is 643 g/mol. The third-order valence-electron chi connectivity index (χ3n) is 10.9. The molecular weight excluding hydrogens is 599 g/mol. The fourth-order valence-electron chi connectivity index (χ4n) is 7.55. The number of nitrogens with two attached hydrogens (primary N) is 1. The van der Waals surface area contributed by atoms with Gasteiger partial charge in [0.1, 0.15) is 11.9 Å². The number of aryl methyl sites for hydroxylation is 1. The van der Waals surface area contributed by atoms with Crippen LogP contribution in [0.1, 0.15) is 80.8 Å². The summed E-state index contributed by atoms with van der Waals surface area (Å²) in [6.45, 7) is 12.7. The molecule has 3 unspecified atom stereocenters. The number of phenolic OH excluding ortho intramolecular Hbond substituents is 1. The van der Waals surface area contributed by atoms with Crippen molar-refractivity contribution in [2.45, 2.75) is 101 Å². The van der Waals surface area contributed by atoms with Crippen molar-refractivity contribution in [1.82, 2.24) is 0 Å². The molecule has 0 amide bonds. The van der Waals surface area contributed by atoms with E-state index in [0.717, 1.165) is 32.1 Å². The van der Waals surface area contributed by atoms with Gasteiger partial charge in [0.15, 0.2) is 14.9 Å². The first-order valence-electron chi connectivity index (χ1n) is 15.4. The lowest BCUT2D eigenvalue weighted by Crippen LogP contribution is -2.50. The van der Waals surface area contributed by atoms with Gasteiger partial charge in [-0.15, -0.1) is 0 Å². The number of carbonyl (C=O) groups is 2. The topological polar surface area (TPSA) is 142 Å². The fourth-order valence-corrected chi connectivity index (χ4v) is 9.40. The molecule has 0 bridgehead atoms. The van der Waals surface area contributed by atoms with Crippen LogP contribution in [0.2, 0.25) is 18.1 Å². The minimum absolute atomic E-state index is 0.0289. The van der Waals surface area contributed by atoms with Crippen molar-refractivity contribution < 1.29 is 37.0 Å². The predicted molar refractivity (Wildman–Crippen MR) is 168 cm³/mol. The minimum atomic E-state index is -3.90. The molecular formula is C33H45NO8SSi. The van der Waals surface area contributed by atoms with E-state index in [9.17, 15) is 23.1 Å². The van der Waals surface area contributed by atoms with Crippen LogP contribution in [0.5, 0.6) is 5.75 Å². The highest BCUT2D eigenvalue weighted by Gasteiger charge is 2.61. The quantitative estimate of drug-likeness (QED) is 0.291. The van der Waals surface area contributed by atoms with Crippen molar-refractivity contribution >= 4 is 30.3 Å². The smallest absolute Gasteiger partial charge is 0.344 e. The van der Waals surface area contributed by atoms with E-state index in [1.807, 2.05) is 6.07 Å². The molecule has 0 spiro atoms. The van der Waals surface area contributed by atoms with E-state index in [1.54, 1.807) is 6.07 Å². The number of phenols is 1. The number of benzene rings is 2. The first kappa shape index (κ1) is 32.7. The first-order valence-corrected chi connectivity index (χ1v) is 19.9. The summed E-state index contributed by atoms with van der Waals surface area (Å²) >= 11 is 0. The third kappa shape index (κ3) is 6.20. The Kier molecular flexibility index (Phi) is 8.58. The molecule has 2 aromatic carbocycles. The van der Waals surface area contributed by atoms with Crippen LogP contribution in [0.25, 0.3) is 0 Å². The van der Waals surface area contributed by atoms with Crippen molar-refractivity contribution in [2.24, 2.45) is 22.4 Å². The lowest BCUT2D eigenvalue weighted by atomic mass is 9.55. The molecule has 240 valence electrons. The van der Waals surface area contributed by atoms with Crippen molar-refractivity contribution in [3.8, 4) is 5.75 Å². The van der Waals surface area contributed by atoms with Crippen LogP contribution in [0, 0.1) is 17.3 Å². The van der Waals surface area contributed by atoms with Crippen LogP contribution < -0.4 is 5.14 Å². The Morgan fingerprint density at radius 3 is 2.41 bits per heavy atom. The molecule has 0 radical (unpaired) electrons. The van der Waals surface area contributed by atoms with Gasteiger partial charge in [0.2, 0.25) is 10.0 Å². The van der Waals surface area contributed by atoms with E-state index in [1.165, 1.54) is 35.4 Å². The van der Waals surface area contributed by atoms with Crippen molar-refractivity contribution in [1.29, 1.82) is 0 Å². The summed E-state index contributed by atoms with van der Waals surface area (Å²) in [6.07, 6.45) is 3.79. The fraction of sp³-hybridized carbons (Fsp3) is 0.576. The highest BCUT2D eigenvalue weighted by atomic mass is 32.2. The maximum Gasteiger partial charge on any atom is 0.344 e. The summed E-state index contributed by atoms with van der Waals surface area (Å²) in [5, 5.41) is 15.2. The Morgan fingerprint density at radius 1 is 1.09 bits per heavy atom. The number of aromatic hydroxyl groups is 1. The molecule has 9 nitrogen and oxygen atoms in total. The van der Waals surface area contributed by atoms with Crippen molar-refractivity contribution in [2.75, 3.05) is 6.61 Å². The molecule has 0 aliphatic heterocycles. The van der Waals surface area contributed by atoms with Gasteiger partial charge in [-0.05, 0) is 116 Å². The summed E-state index contributed by atoms with van der Waals surface area (Å²) in [4.78, 5) is 25.8. The number of ether oxygens (including phenoxy) is 2. The van der Waals surface area contributed by atoms with Gasteiger partial charge in [0.05, 0.1) is 16.6 Å². The average molecular weight is 644 g/mol. The Labute approximate surface area is 261 Å². The molecule has 2 saturated carbocycles. The molecule has 11 heteroatoms. The second-order valence-electron chi connectivity index (χ2n) is 14.6. The van der Waals surface area contributed by atoms with Gasteiger partial charge in [-0.3, -0.25) is 0 Å². The number of fused-ring (bicyclic) bond motifs is 5. The largest absolute Gasteiger partial charge is 0.508 e. The van der Waals surface area contributed by atoms with E-state index in [4.69, 9.17) is 19.0 Å². The summed E-state index contributed by atoms with van der Waals surface area (Å²) in [5.74, 6) is -0.00253. The highest BCUT2D eigenvalue weighted by Crippen LogP contribution is 2.62. The van der Waals surface area contributed by atoms with Crippen LogP contribution in [0.4, 0.5) is 0 Å². The number of rotatable bonds is 7. The molecule has 6 atom stereocenters. The first-order chi connectivity index (χ1) is 20.4. The van der Waals surface area contributed by atoms with Gasteiger partial charge in [-0.25, -0.2) is 23.1 Å². The van der Waals surface area contributed by atoms with Gasteiger partial charge >= 0.3 is 11.9 Å². The maximum atomic E-state index is 13.3. The standard InChI is InChI=1S/C33H45NO8SSi/c1-32(2,3)44(5,6)42-28-18-27-26-13-9-21-17-22(35)10-14-24(21)25(26)15-16-33(27,4)30(28)41-29(36)19-40-31(37)20-7-11-23(12-8-20)43(34,38)39/h7-8,10-12,14,17,25-28,30,35H,9,13,15-16,18-19H2,1-6H3,(H2,34,38,39)/t25?,26?,27?,28-,30+,33+/m1/s1. The lowest BCUT2D eigenvalue weighted by molar-refractivity contribution is -0.166. The Morgan fingerprint density at radius 2 is 1.77 bits per heavy atom. The van der Waals surface area contributed by atoms with Gasteiger partial charge in [0.25, 0.3) is 0 Å². The van der Waals surface area contributed by atoms with Gasteiger partial charge in [-0.2, -0.15) is 0 Å². The molecule has 44 heavy (non-hydrogen) atoms. The molecule has 5 rings (SSSR count). The van der Waals surface area contributed by atoms with Crippen molar-refractivity contribution in [3.63, 3.8) is 0 Å². The number of sulfonamides is 1. The van der Waals surface area contributed by atoms with Crippen LogP contribution in [0.15, 0.2) is 47.4 Å². The number of hydrogen-bond acceptors (Lipinski definition) is 8. The average Bonchev–Trinajstić information content (AvgIpc) is 3.20. The van der Waals surface area contributed by atoms with E-state index in [0.29, 0.717) is 17.6 Å². The highest BCUT2D eigenvalue weighted by molar-refractivity contribution is 7.89. The van der Waals surface area contributed by atoms with E-state index >= 15 is 0 Å². The van der Waals surface area contributed by atoms with Crippen molar-refractivity contribution in [3.05, 3.63) is 59.2 Å². The summed E-state index contributed by atoms with van der Waals surface area (Å²) in [5.41, 5.74) is 2.35. The zero-order valence-electron chi connectivity index (χ0n) is 26.5. The van der Waals surface area contributed by atoms with E-state index in [-0.39, 0.29) is 32.9 Å². The number of esters is 2. The third-order valence-corrected chi connectivity index (χ3v) is 16.3. The van der Waals surface area contributed by atoms with Crippen LogP contribution in [-0.4, -0.2) is 52.6 Å². The Balaban J connectivity index is 1.34. The van der Waals surface area contributed by atoms with Crippen LogP contribution >= 0.6 is 0 Å². The SMILES string of the molecule is CC(C)(C)[Si](C)(C)O[C@@H]1CC2C3CCc4cc(O)ccc4C3CC[C@]2(C)[C@H]1OC(=O)COC(=O)c1ccc(S(N)(=O)=O)cc1. The zero-order valence-corrected chi connectivity index (χ0v) is 28.3.